The maximum atomic E-state index is 9.86. The van der Waals surface area contributed by atoms with Gasteiger partial charge in [-0.3, -0.25) is 0 Å². The molecule has 1 N–H and O–H groups in total. The molecule has 0 heterocycles. The molecule has 1 aromatic carbocycles. The molecule has 0 aromatic heterocycles. The molecular weight excluding hydrogens is 196 g/mol. The first-order chi connectivity index (χ1) is 7.47. The van der Waals surface area contributed by atoms with Crippen molar-refractivity contribution in [2.75, 3.05) is 0 Å². The van der Waals surface area contributed by atoms with Crippen molar-refractivity contribution in [2.45, 2.75) is 45.4 Å². The number of benzene rings is 1. The van der Waals surface area contributed by atoms with Crippen molar-refractivity contribution >= 4 is 0 Å². The minimum absolute atomic E-state index is 0.281. The van der Waals surface area contributed by atoms with E-state index in [0.29, 0.717) is 11.2 Å². The SMILES string of the molecule is Cc1ccc([C@]2(C)CC[C@@H]3C[C@@]32C)cc1O. The summed E-state index contributed by atoms with van der Waals surface area (Å²) in [5.74, 6) is 1.38. The number of rotatable bonds is 1. The minimum atomic E-state index is 0.281. The van der Waals surface area contributed by atoms with Gasteiger partial charge in [0.1, 0.15) is 5.75 Å². The second-order valence-corrected chi connectivity index (χ2v) is 6.19. The summed E-state index contributed by atoms with van der Waals surface area (Å²) in [5, 5.41) is 9.86. The Balaban J connectivity index is 2.06. The Hall–Kier alpha value is -0.980. The lowest BCUT2D eigenvalue weighted by molar-refractivity contribution is 0.310. The van der Waals surface area contributed by atoms with E-state index in [1.165, 1.54) is 24.8 Å². The maximum Gasteiger partial charge on any atom is 0.118 e. The number of hydrogen-bond donors (Lipinski definition) is 1. The van der Waals surface area contributed by atoms with Crippen molar-refractivity contribution in [3.8, 4) is 5.75 Å². The fourth-order valence-electron chi connectivity index (χ4n) is 3.72. The van der Waals surface area contributed by atoms with Crippen LogP contribution in [0.5, 0.6) is 5.75 Å². The van der Waals surface area contributed by atoms with Gasteiger partial charge in [0, 0.05) is 0 Å². The predicted molar refractivity (Wildman–Crippen MR) is 65.6 cm³/mol. The minimum Gasteiger partial charge on any atom is -0.508 e. The molecule has 1 heteroatoms. The molecule has 2 saturated carbocycles. The van der Waals surface area contributed by atoms with Crippen LogP contribution in [0.25, 0.3) is 0 Å². The van der Waals surface area contributed by atoms with Crippen LogP contribution in [0.3, 0.4) is 0 Å². The van der Waals surface area contributed by atoms with Crippen molar-refractivity contribution < 1.29 is 5.11 Å². The Morgan fingerprint density at radius 3 is 2.56 bits per heavy atom. The summed E-state index contributed by atoms with van der Waals surface area (Å²) in [6.45, 7) is 6.75. The Kier molecular flexibility index (Phi) is 1.80. The molecule has 86 valence electrons. The van der Waals surface area contributed by atoms with E-state index < -0.39 is 0 Å². The Morgan fingerprint density at radius 1 is 1.31 bits per heavy atom. The van der Waals surface area contributed by atoms with Crippen molar-refractivity contribution in [3.63, 3.8) is 0 Å². The van der Waals surface area contributed by atoms with Crippen LogP contribution in [0.1, 0.15) is 44.2 Å². The first kappa shape index (κ1) is 10.2. The maximum absolute atomic E-state index is 9.86. The van der Waals surface area contributed by atoms with E-state index in [1.807, 2.05) is 13.0 Å². The van der Waals surface area contributed by atoms with Crippen LogP contribution in [-0.4, -0.2) is 5.11 Å². The van der Waals surface area contributed by atoms with E-state index >= 15 is 0 Å². The van der Waals surface area contributed by atoms with E-state index in [2.05, 4.69) is 26.0 Å². The topological polar surface area (TPSA) is 20.2 Å². The fourth-order valence-corrected chi connectivity index (χ4v) is 3.72. The molecule has 16 heavy (non-hydrogen) atoms. The first-order valence-corrected chi connectivity index (χ1v) is 6.27. The number of phenols is 1. The average Bonchev–Trinajstić information content (AvgIpc) is 2.85. The van der Waals surface area contributed by atoms with Crippen molar-refractivity contribution in [2.24, 2.45) is 11.3 Å². The van der Waals surface area contributed by atoms with Gasteiger partial charge in [0.25, 0.3) is 0 Å². The monoisotopic (exact) mass is 216 g/mol. The van der Waals surface area contributed by atoms with Crippen LogP contribution >= 0.6 is 0 Å². The number of fused-ring (bicyclic) bond motifs is 1. The molecule has 0 unspecified atom stereocenters. The molecule has 0 bridgehead atoms. The molecule has 2 aliphatic carbocycles. The van der Waals surface area contributed by atoms with Gasteiger partial charge in [-0.25, -0.2) is 0 Å². The van der Waals surface area contributed by atoms with Gasteiger partial charge in [-0.2, -0.15) is 0 Å². The van der Waals surface area contributed by atoms with E-state index in [0.717, 1.165) is 11.5 Å². The Labute approximate surface area is 97.5 Å². The Morgan fingerprint density at radius 2 is 2.06 bits per heavy atom. The van der Waals surface area contributed by atoms with E-state index in [1.54, 1.807) is 0 Å². The van der Waals surface area contributed by atoms with Crippen molar-refractivity contribution in [3.05, 3.63) is 29.3 Å². The molecule has 0 saturated heterocycles. The van der Waals surface area contributed by atoms with Crippen molar-refractivity contribution in [1.29, 1.82) is 0 Å². The van der Waals surface area contributed by atoms with Crippen LogP contribution < -0.4 is 0 Å². The molecule has 0 radical (unpaired) electrons. The zero-order valence-corrected chi connectivity index (χ0v) is 10.4. The van der Waals surface area contributed by atoms with Gasteiger partial charge in [-0.05, 0) is 60.1 Å². The summed E-state index contributed by atoms with van der Waals surface area (Å²) < 4.78 is 0. The van der Waals surface area contributed by atoms with Crippen LogP contribution in [0, 0.1) is 18.3 Å². The highest BCUT2D eigenvalue weighted by molar-refractivity contribution is 5.42. The highest BCUT2D eigenvalue weighted by Crippen LogP contribution is 2.72. The summed E-state index contributed by atoms with van der Waals surface area (Å²) >= 11 is 0. The highest BCUT2D eigenvalue weighted by atomic mass is 16.3. The zero-order chi connectivity index (χ0) is 11.6. The number of hydrogen-bond acceptors (Lipinski definition) is 1. The largest absolute Gasteiger partial charge is 0.508 e. The van der Waals surface area contributed by atoms with Crippen LogP contribution in [0.15, 0.2) is 18.2 Å². The lowest BCUT2D eigenvalue weighted by Gasteiger charge is -2.33. The summed E-state index contributed by atoms with van der Waals surface area (Å²) in [6, 6.07) is 6.25. The molecule has 3 rings (SSSR count). The second-order valence-electron chi connectivity index (χ2n) is 6.19. The van der Waals surface area contributed by atoms with Gasteiger partial charge < -0.3 is 5.11 Å². The van der Waals surface area contributed by atoms with Gasteiger partial charge >= 0.3 is 0 Å². The summed E-state index contributed by atoms with van der Waals surface area (Å²) in [7, 11) is 0. The Bertz CT molecular complexity index is 449. The van der Waals surface area contributed by atoms with Crippen LogP contribution in [0.4, 0.5) is 0 Å². The van der Waals surface area contributed by atoms with Gasteiger partial charge in [-0.15, -0.1) is 0 Å². The second kappa shape index (κ2) is 2.82. The molecular formula is C15H20O. The van der Waals surface area contributed by atoms with Crippen LogP contribution in [0.2, 0.25) is 0 Å². The zero-order valence-electron chi connectivity index (χ0n) is 10.4. The number of aryl methyl sites for hydroxylation is 1. The van der Waals surface area contributed by atoms with Gasteiger partial charge in [-0.1, -0.05) is 26.0 Å². The quantitative estimate of drug-likeness (QED) is 0.757. The lowest BCUT2D eigenvalue weighted by atomic mass is 9.70. The normalized spacial score (nSPS) is 40.8. The number of phenolic OH excluding ortho intramolecular Hbond substituents is 1. The third kappa shape index (κ3) is 1.07. The first-order valence-electron chi connectivity index (χ1n) is 6.27. The molecule has 2 aliphatic rings. The lowest BCUT2D eigenvalue weighted by Crippen LogP contribution is -2.28. The van der Waals surface area contributed by atoms with Crippen LogP contribution in [-0.2, 0) is 5.41 Å². The van der Waals surface area contributed by atoms with E-state index in [-0.39, 0.29) is 5.41 Å². The highest BCUT2D eigenvalue weighted by Gasteiger charge is 2.65. The molecule has 0 aliphatic heterocycles. The molecule has 3 atom stereocenters. The molecule has 0 amide bonds. The fraction of sp³-hybridized carbons (Fsp3) is 0.600. The van der Waals surface area contributed by atoms with E-state index in [9.17, 15) is 5.11 Å². The van der Waals surface area contributed by atoms with Gasteiger partial charge in [0.05, 0.1) is 0 Å². The van der Waals surface area contributed by atoms with Crippen molar-refractivity contribution in [1.82, 2.24) is 0 Å². The molecule has 1 aromatic rings. The molecule has 0 spiro atoms. The van der Waals surface area contributed by atoms with E-state index in [4.69, 9.17) is 0 Å². The molecule has 1 nitrogen and oxygen atoms in total. The standard InChI is InChI=1S/C15H20O/c1-10-4-5-11(8-13(10)16)14(2)7-6-12-9-15(12,14)3/h4-5,8,12,16H,6-7,9H2,1-3H3/t12-,14+,15+/m1/s1. The average molecular weight is 216 g/mol. The smallest absolute Gasteiger partial charge is 0.118 e. The third-order valence-electron chi connectivity index (χ3n) is 5.51. The van der Waals surface area contributed by atoms with Gasteiger partial charge in [0.15, 0.2) is 0 Å². The summed E-state index contributed by atoms with van der Waals surface area (Å²) in [6.07, 6.45) is 4.01. The number of aromatic hydroxyl groups is 1. The van der Waals surface area contributed by atoms with Gasteiger partial charge in [0.2, 0.25) is 0 Å². The third-order valence-corrected chi connectivity index (χ3v) is 5.51. The molecule has 2 fully saturated rings. The summed E-state index contributed by atoms with van der Waals surface area (Å²) in [5.41, 5.74) is 3.08. The predicted octanol–water partition coefficient (Wildman–Crippen LogP) is 3.78. The summed E-state index contributed by atoms with van der Waals surface area (Å²) in [4.78, 5) is 0.